The molecule has 3 heteroatoms. The van der Waals surface area contributed by atoms with Crippen LogP contribution in [-0.4, -0.2) is 26.9 Å². The predicted octanol–water partition coefficient (Wildman–Crippen LogP) is 2.11. The van der Waals surface area contributed by atoms with E-state index in [9.17, 15) is 0 Å². The van der Waals surface area contributed by atoms with Gasteiger partial charge in [0.25, 0.3) is 0 Å². The Kier molecular flexibility index (Phi) is 4.26. The van der Waals surface area contributed by atoms with Gasteiger partial charge in [-0.25, -0.2) is 0 Å². The van der Waals surface area contributed by atoms with Gasteiger partial charge in [0.15, 0.2) is 0 Å². The summed E-state index contributed by atoms with van der Waals surface area (Å²) in [6.07, 6.45) is 0.0482. The SMILES string of the molecule is COC[C@@H](C)Oc1cccc(OC)c1. The maximum absolute atomic E-state index is 5.59. The molecular weight excluding hydrogens is 180 g/mol. The lowest BCUT2D eigenvalue weighted by atomic mass is 10.3. The Bertz CT molecular complexity index is 273. The first-order chi connectivity index (χ1) is 6.76. The van der Waals surface area contributed by atoms with E-state index in [0.29, 0.717) is 6.61 Å². The molecule has 0 unspecified atom stereocenters. The topological polar surface area (TPSA) is 27.7 Å². The molecule has 1 rings (SSSR count). The van der Waals surface area contributed by atoms with Crippen molar-refractivity contribution in [3.8, 4) is 11.5 Å². The lowest BCUT2D eigenvalue weighted by Gasteiger charge is -2.13. The van der Waals surface area contributed by atoms with E-state index in [0.717, 1.165) is 11.5 Å². The molecule has 0 aliphatic heterocycles. The monoisotopic (exact) mass is 196 g/mol. The summed E-state index contributed by atoms with van der Waals surface area (Å²) >= 11 is 0. The fourth-order valence-electron chi connectivity index (χ4n) is 1.18. The molecule has 78 valence electrons. The standard InChI is InChI=1S/C11H16O3/c1-9(8-12-2)14-11-6-4-5-10(7-11)13-3/h4-7,9H,8H2,1-3H3/t9-/m1/s1. The number of hydrogen-bond acceptors (Lipinski definition) is 3. The molecule has 0 aromatic heterocycles. The van der Waals surface area contributed by atoms with Crippen molar-refractivity contribution in [1.82, 2.24) is 0 Å². The predicted molar refractivity (Wildman–Crippen MR) is 55.0 cm³/mol. The van der Waals surface area contributed by atoms with Crippen molar-refractivity contribution >= 4 is 0 Å². The number of benzene rings is 1. The average molecular weight is 196 g/mol. The van der Waals surface area contributed by atoms with Crippen molar-refractivity contribution in [2.75, 3.05) is 20.8 Å². The molecule has 0 spiro atoms. The van der Waals surface area contributed by atoms with Crippen LogP contribution < -0.4 is 9.47 Å². The van der Waals surface area contributed by atoms with Crippen LogP contribution in [0.15, 0.2) is 24.3 Å². The Morgan fingerprint density at radius 1 is 1.21 bits per heavy atom. The molecule has 0 saturated carbocycles. The molecule has 0 saturated heterocycles. The first kappa shape index (κ1) is 10.9. The maximum atomic E-state index is 5.59. The van der Waals surface area contributed by atoms with Crippen molar-refractivity contribution in [1.29, 1.82) is 0 Å². The van der Waals surface area contributed by atoms with Gasteiger partial charge in [0, 0.05) is 13.2 Å². The zero-order valence-electron chi connectivity index (χ0n) is 8.82. The van der Waals surface area contributed by atoms with Crippen molar-refractivity contribution < 1.29 is 14.2 Å². The number of rotatable bonds is 5. The van der Waals surface area contributed by atoms with Crippen molar-refractivity contribution in [2.24, 2.45) is 0 Å². The molecule has 0 heterocycles. The molecule has 0 N–H and O–H groups in total. The highest BCUT2D eigenvalue weighted by atomic mass is 16.5. The first-order valence-electron chi connectivity index (χ1n) is 4.56. The number of hydrogen-bond donors (Lipinski definition) is 0. The summed E-state index contributed by atoms with van der Waals surface area (Å²) in [6, 6.07) is 7.53. The van der Waals surface area contributed by atoms with E-state index in [4.69, 9.17) is 14.2 Å². The Hall–Kier alpha value is -1.22. The van der Waals surface area contributed by atoms with Gasteiger partial charge in [-0.3, -0.25) is 0 Å². The van der Waals surface area contributed by atoms with Gasteiger partial charge in [-0.05, 0) is 19.1 Å². The van der Waals surface area contributed by atoms with Crippen LogP contribution in [0.4, 0.5) is 0 Å². The van der Waals surface area contributed by atoms with Crippen LogP contribution >= 0.6 is 0 Å². The fraction of sp³-hybridized carbons (Fsp3) is 0.455. The van der Waals surface area contributed by atoms with Crippen LogP contribution in [0, 0.1) is 0 Å². The minimum Gasteiger partial charge on any atom is -0.497 e. The summed E-state index contributed by atoms with van der Waals surface area (Å²) in [5.74, 6) is 1.60. The summed E-state index contributed by atoms with van der Waals surface area (Å²) in [6.45, 7) is 2.54. The Balaban J connectivity index is 2.57. The van der Waals surface area contributed by atoms with E-state index in [1.165, 1.54) is 0 Å². The largest absolute Gasteiger partial charge is 0.497 e. The zero-order chi connectivity index (χ0) is 10.4. The lowest BCUT2D eigenvalue weighted by Crippen LogP contribution is -2.17. The van der Waals surface area contributed by atoms with Crippen LogP contribution in [0.1, 0.15) is 6.92 Å². The molecule has 0 aliphatic rings. The summed E-state index contributed by atoms with van der Waals surface area (Å²) < 4.78 is 15.7. The smallest absolute Gasteiger partial charge is 0.123 e. The first-order valence-corrected chi connectivity index (χ1v) is 4.56. The Labute approximate surface area is 84.6 Å². The summed E-state index contributed by atoms with van der Waals surface area (Å²) in [7, 11) is 3.29. The molecular formula is C11H16O3. The second-order valence-corrected chi connectivity index (χ2v) is 3.06. The van der Waals surface area contributed by atoms with Crippen LogP contribution in [0.25, 0.3) is 0 Å². The summed E-state index contributed by atoms with van der Waals surface area (Å²) in [5.41, 5.74) is 0. The number of methoxy groups -OCH3 is 2. The molecule has 0 bridgehead atoms. The summed E-state index contributed by atoms with van der Waals surface area (Å²) in [5, 5.41) is 0. The van der Waals surface area contributed by atoms with Crippen LogP contribution in [0.5, 0.6) is 11.5 Å². The van der Waals surface area contributed by atoms with E-state index >= 15 is 0 Å². The van der Waals surface area contributed by atoms with E-state index in [1.54, 1.807) is 14.2 Å². The molecule has 1 aromatic carbocycles. The van der Waals surface area contributed by atoms with Crippen molar-refractivity contribution in [2.45, 2.75) is 13.0 Å². The van der Waals surface area contributed by atoms with Crippen LogP contribution in [0.3, 0.4) is 0 Å². The lowest BCUT2D eigenvalue weighted by molar-refractivity contribution is 0.0919. The van der Waals surface area contributed by atoms with Crippen LogP contribution in [-0.2, 0) is 4.74 Å². The second-order valence-electron chi connectivity index (χ2n) is 3.06. The molecule has 0 radical (unpaired) electrons. The normalized spacial score (nSPS) is 12.2. The van der Waals surface area contributed by atoms with Gasteiger partial charge in [-0.2, -0.15) is 0 Å². The van der Waals surface area contributed by atoms with Crippen molar-refractivity contribution in [3.63, 3.8) is 0 Å². The zero-order valence-corrected chi connectivity index (χ0v) is 8.82. The highest BCUT2D eigenvalue weighted by Gasteiger charge is 2.03. The van der Waals surface area contributed by atoms with Gasteiger partial charge in [0.1, 0.15) is 17.6 Å². The van der Waals surface area contributed by atoms with Gasteiger partial charge < -0.3 is 14.2 Å². The van der Waals surface area contributed by atoms with Gasteiger partial charge in [-0.15, -0.1) is 0 Å². The van der Waals surface area contributed by atoms with E-state index in [2.05, 4.69) is 0 Å². The highest BCUT2D eigenvalue weighted by molar-refractivity contribution is 5.32. The van der Waals surface area contributed by atoms with E-state index in [-0.39, 0.29) is 6.10 Å². The van der Waals surface area contributed by atoms with Gasteiger partial charge in [-0.1, -0.05) is 6.07 Å². The average Bonchev–Trinajstić information content (AvgIpc) is 2.18. The van der Waals surface area contributed by atoms with E-state index in [1.807, 2.05) is 31.2 Å². The fourth-order valence-corrected chi connectivity index (χ4v) is 1.18. The second kappa shape index (κ2) is 5.50. The number of ether oxygens (including phenoxy) is 3. The van der Waals surface area contributed by atoms with Crippen LogP contribution in [0.2, 0.25) is 0 Å². The minimum absolute atomic E-state index is 0.0482. The molecule has 1 atom stereocenters. The van der Waals surface area contributed by atoms with Gasteiger partial charge in [0.2, 0.25) is 0 Å². The third kappa shape index (κ3) is 3.26. The third-order valence-electron chi connectivity index (χ3n) is 1.78. The Morgan fingerprint density at radius 2 is 1.93 bits per heavy atom. The van der Waals surface area contributed by atoms with E-state index < -0.39 is 0 Å². The van der Waals surface area contributed by atoms with Gasteiger partial charge in [0.05, 0.1) is 13.7 Å². The Morgan fingerprint density at radius 3 is 2.57 bits per heavy atom. The molecule has 0 fully saturated rings. The molecule has 14 heavy (non-hydrogen) atoms. The molecule has 0 amide bonds. The van der Waals surface area contributed by atoms with Crippen molar-refractivity contribution in [3.05, 3.63) is 24.3 Å². The van der Waals surface area contributed by atoms with Gasteiger partial charge >= 0.3 is 0 Å². The molecule has 3 nitrogen and oxygen atoms in total. The highest BCUT2D eigenvalue weighted by Crippen LogP contribution is 2.19. The molecule has 0 aliphatic carbocycles. The quantitative estimate of drug-likeness (QED) is 0.721. The minimum atomic E-state index is 0.0482. The maximum Gasteiger partial charge on any atom is 0.123 e. The summed E-state index contributed by atoms with van der Waals surface area (Å²) in [4.78, 5) is 0. The third-order valence-corrected chi connectivity index (χ3v) is 1.78. The molecule has 1 aromatic rings.